The van der Waals surface area contributed by atoms with E-state index in [-0.39, 0.29) is 0 Å². The van der Waals surface area contributed by atoms with E-state index in [4.69, 9.17) is 0 Å². The van der Waals surface area contributed by atoms with Crippen molar-refractivity contribution in [3.8, 4) is 0 Å². The van der Waals surface area contributed by atoms with Gasteiger partial charge >= 0.3 is 0 Å². The third-order valence-electron chi connectivity index (χ3n) is 3.75. The van der Waals surface area contributed by atoms with Crippen molar-refractivity contribution in [2.24, 2.45) is 0 Å². The molecule has 4 heteroatoms. The molecule has 0 spiro atoms. The van der Waals surface area contributed by atoms with Crippen LogP contribution in [0, 0.1) is 6.92 Å². The monoisotopic (exact) mass is 268 g/mol. The highest BCUT2D eigenvalue weighted by Crippen LogP contribution is 2.32. The Balaban J connectivity index is 1.83. The van der Waals surface area contributed by atoms with Gasteiger partial charge in [-0.15, -0.1) is 11.3 Å². The van der Waals surface area contributed by atoms with E-state index in [9.17, 15) is 5.11 Å². The second-order valence-electron chi connectivity index (χ2n) is 5.51. The van der Waals surface area contributed by atoms with Crippen molar-refractivity contribution < 1.29 is 5.11 Å². The van der Waals surface area contributed by atoms with E-state index in [1.165, 1.54) is 6.42 Å². The zero-order chi connectivity index (χ0) is 13.0. The minimum atomic E-state index is -0.519. The van der Waals surface area contributed by atoms with E-state index in [2.05, 4.69) is 22.6 Å². The highest BCUT2D eigenvalue weighted by molar-refractivity contribution is 7.09. The number of nitrogens with one attached hydrogen (secondary N) is 1. The van der Waals surface area contributed by atoms with Gasteiger partial charge in [0.25, 0.3) is 0 Å². The molecule has 1 aliphatic rings. The number of aliphatic hydroxyl groups is 1. The molecule has 0 aliphatic heterocycles. The third kappa shape index (κ3) is 3.77. The zero-order valence-corrected chi connectivity index (χ0v) is 12.2. The molecule has 0 radical (unpaired) electrons. The second-order valence-corrected chi connectivity index (χ2v) is 6.45. The first kappa shape index (κ1) is 14.0. The van der Waals surface area contributed by atoms with E-state index in [1.807, 2.05) is 6.92 Å². The molecule has 0 unspecified atom stereocenters. The fourth-order valence-corrected chi connectivity index (χ4v) is 3.56. The van der Waals surface area contributed by atoms with E-state index in [0.29, 0.717) is 6.04 Å². The molecule has 0 bridgehead atoms. The summed E-state index contributed by atoms with van der Waals surface area (Å²) in [5.41, 5.74) is 0.547. The summed E-state index contributed by atoms with van der Waals surface area (Å²) in [5.74, 6) is 0. The van der Waals surface area contributed by atoms with Crippen molar-refractivity contribution in [3.63, 3.8) is 0 Å². The van der Waals surface area contributed by atoms with Crippen LogP contribution in [0.5, 0.6) is 0 Å². The third-order valence-corrected chi connectivity index (χ3v) is 4.71. The number of hydrogen-bond donors (Lipinski definition) is 2. The number of nitrogens with zero attached hydrogens (tertiary/aromatic N) is 1. The Morgan fingerprint density at radius 1 is 1.50 bits per heavy atom. The van der Waals surface area contributed by atoms with Crippen LogP contribution in [0.2, 0.25) is 0 Å². The number of aryl methyl sites for hydroxylation is 1. The van der Waals surface area contributed by atoms with Crippen molar-refractivity contribution in [1.29, 1.82) is 0 Å². The molecule has 2 N–H and O–H groups in total. The van der Waals surface area contributed by atoms with Crippen LogP contribution in [-0.4, -0.2) is 28.3 Å². The van der Waals surface area contributed by atoms with E-state index in [1.54, 1.807) is 11.3 Å². The maximum Gasteiger partial charge on any atom is 0.0956 e. The maximum absolute atomic E-state index is 10.6. The molecule has 1 saturated carbocycles. The molecule has 102 valence electrons. The molecule has 0 saturated heterocycles. The summed E-state index contributed by atoms with van der Waals surface area (Å²) < 4.78 is 0. The molecule has 1 aliphatic carbocycles. The fraction of sp³-hybridized carbons (Fsp3) is 0.786. The Hall–Kier alpha value is -0.450. The largest absolute Gasteiger partial charge is 0.389 e. The lowest BCUT2D eigenvalue weighted by atomic mass is 9.80. The SMILES string of the molecule is CCCNC1CCC(O)(Cc2nc(C)cs2)CC1. The van der Waals surface area contributed by atoms with Crippen molar-refractivity contribution in [3.05, 3.63) is 16.1 Å². The van der Waals surface area contributed by atoms with Gasteiger partial charge in [-0.1, -0.05) is 6.92 Å². The predicted octanol–water partition coefficient (Wildman–Crippen LogP) is 2.67. The first-order valence-electron chi connectivity index (χ1n) is 6.98. The van der Waals surface area contributed by atoms with Crippen LogP contribution in [0.3, 0.4) is 0 Å². The van der Waals surface area contributed by atoms with Gasteiger partial charge in [0, 0.05) is 23.5 Å². The molecule has 1 heterocycles. The number of thiazole rings is 1. The van der Waals surface area contributed by atoms with Crippen LogP contribution in [-0.2, 0) is 6.42 Å². The lowest BCUT2D eigenvalue weighted by molar-refractivity contribution is -0.00310. The lowest BCUT2D eigenvalue weighted by Gasteiger charge is -2.36. The molecule has 1 fully saturated rings. The number of aromatic nitrogens is 1. The van der Waals surface area contributed by atoms with Gasteiger partial charge in [-0.2, -0.15) is 0 Å². The molecule has 18 heavy (non-hydrogen) atoms. The Bertz CT molecular complexity index is 370. The first-order valence-corrected chi connectivity index (χ1v) is 7.86. The Morgan fingerprint density at radius 3 is 2.78 bits per heavy atom. The Kier molecular flexibility index (Phi) is 4.76. The van der Waals surface area contributed by atoms with Gasteiger partial charge < -0.3 is 10.4 Å². The van der Waals surface area contributed by atoms with Gasteiger partial charge in [0.2, 0.25) is 0 Å². The predicted molar refractivity (Wildman–Crippen MR) is 76.1 cm³/mol. The Labute approximate surface area is 114 Å². The van der Waals surface area contributed by atoms with Crippen molar-refractivity contribution in [2.45, 2.75) is 64.0 Å². The molecule has 2 rings (SSSR count). The fourth-order valence-electron chi connectivity index (χ4n) is 2.65. The average molecular weight is 268 g/mol. The van der Waals surface area contributed by atoms with E-state index in [0.717, 1.165) is 49.4 Å². The van der Waals surface area contributed by atoms with E-state index < -0.39 is 5.60 Å². The summed E-state index contributed by atoms with van der Waals surface area (Å²) in [7, 11) is 0. The Morgan fingerprint density at radius 2 is 2.22 bits per heavy atom. The van der Waals surface area contributed by atoms with Crippen LogP contribution in [0.15, 0.2) is 5.38 Å². The molecule has 0 aromatic carbocycles. The van der Waals surface area contributed by atoms with Crippen molar-refractivity contribution in [1.82, 2.24) is 10.3 Å². The standard InChI is InChI=1S/C14H24N2OS/c1-3-8-15-12-4-6-14(17,7-5-12)9-13-16-11(2)10-18-13/h10,12,15,17H,3-9H2,1-2H3. The summed E-state index contributed by atoms with van der Waals surface area (Å²) >= 11 is 1.67. The van der Waals surface area contributed by atoms with Crippen LogP contribution >= 0.6 is 11.3 Å². The summed E-state index contributed by atoms with van der Waals surface area (Å²) in [6, 6.07) is 0.600. The summed E-state index contributed by atoms with van der Waals surface area (Å²) in [6.07, 6.45) is 5.87. The minimum Gasteiger partial charge on any atom is -0.389 e. The van der Waals surface area contributed by atoms with Gasteiger partial charge in [-0.05, 0) is 45.6 Å². The van der Waals surface area contributed by atoms with Crippen LogP contribution in [0.4, 0.5) is 0 Å². The van der Waals surface area contributed by atoms with Crippen molar-refractivity contribution in [2.75, 3.05) is 6.54 Å². The molecular weight excluding hydrogens is 244 g/mol. The highest BCUT2D eigenvalue weighted by Gasteiger charge is 2.33. The molecular formula is C14H24N2OS. The van der Waals surface area contributed by atoms with Crippen LogP contribution < -0.4 is 5.32 Å². The van der Waals surface area contributed by atoms with Gasteiger partial charge in [-0.25, -0.2) is 4.98 Å². The summed E-state index contributed by atoms with van der Waals surface area (Å²) in [6.45, 7) is 5.29. The maximum atomic E-state index is 10.6. The summed E-state index contributed by atoms with van der Waals surface area (Å²) in [5, 5.41) is 17.3. The molecule has 0 atom stereocenters. The smallest absolute Gasteiger partial charge is 0.0956 e. The lowest BCUT2D eigenvalue weighted by Crippen LogP contribution is -2.42. The number of hydrogen-bond acceptors (Lipinski definition) is 4. The van der Waals surface area contributed by atoms with Gasteiger partial charge in [0.1, 0.15) is 0 Å². The highest BCUT2D eigenvalue weighted by atomic mass is 32.1. The minimum absolute atomic E-state index is 0.519. The second kappa shape index (κ2) is 6.13. The topological polar surface area (TPSA) is 45.1 Å². The first-order chi connectivity index (χ1) is 8.61. The van der Waals surface area contributed by atoms with Gasteiger partial charge in [0.15, 0.2) is 0 Å². The molecule has 0 amide bonds. The van der Waals surface area contributed by atoms with Crippen LogP contribution in [0.1, 0.15) is 49.7 Å². The van der Waals surface area contributed by atoms with Crippen LogP contribution in [0.25, 0.3) is 0 Å². The van der Waals surface area contributed by atoms with E-state index >= 15 is 0 Å². The molecule has 1 aromatic heterocycles. The zero-order valence-electron chi connectivity index (χ0n) is 11.4. The van der Waals surface area contributed by atoms with Gasteiger partial charge in [0.05, 0.1) is 10.6 Å². The van der Waals surface area contributed by atoms with Gasteiger partial charge in [-0.3, -0.25) is 0 Å². The molecule has 3 nitrogen and oxygen atoms in total. The molecule has 1 aromatic rings. The number of rotatable bonds is 5. The van der Waals surface area contributed by atoms with Crippen molar-refractivity contribution >= 4 is 11.3 Å². The normalized spacial score (nSPS) is 28.5. The summed E-state index contributed by atoms with van der Waals surface area (Å²) in [4.78, 5) is 4.46. The quantitative estimate of drug-likeness (QED) is 0.863. The average Bonchev–Trinajstić information content (AvgIpc) is 2.74.